The van der Waals surface area contributed by atoms with Crippen LogP contribution in [0, 0.1) is 6.92 Å². The Hall–Kier alpha value is -3.13. The third-order valence-corrected chi connectivity index (χ3v) is 4.98. The molecule has 2 heteroatoms. The highest BCUT2D eigenvalue weighted by Gasteiger charge is 2.23. The second-order valence-corrected chi connectivity index (χ2v) is 6.62. The number of pyridine rings is 1. The zero-order chi connectivity index (χ0) is 17.9. The van der Waals surface area contributed by atoms with E-state index in [0.29, 0.717) is 0 Å². The van der Waals surface area contributed by atoms with Gasteiger partial charge in [0, 0.05) is 24.3 Å². The van der Waals surface area contributed by atoms with E-state index in [4.69, 9.17) is 0 Å². The summed E-state index contributed by atoms with van der Waals surface area (Å²) in [6, 6.07) is 29.8. The molecule has 1 heterocycles. The first-order valence-electron chi connectivity index (χ1n) is 8.93. The maximum Gasteiger partial charge on any atom is 0.0965 e. The first kappa shape index (κ1) is 16.3. The Labute approximate surface area is 154 Å². The molecule has 0 saturated carbocycles. The number of anilines is 1. The molecule has 0 N–H and O–H groups in total. The summed E-state index contributed by atoms with van der Waals surface area (Å²) < 4.78 is 0. The van der Waals surface area contributed by atoms with Gasteiger partial charge in [0.05, 0.1) is 11.7 Å². The monoisotopic (exact) mass is 338 g/mol. The molecule has 1 unspecified atom stereocenters. The van der Waals surface area contributed by atoms with E-state index in [2.05, 4.69) is 103 Å². The van der Waals surface area contributed by atoms with E-state index >= 15 is 0 Å². The number of hydrogen-bond acceptors (Lipinski definition) is 2. The summed E-state index contributed by atoms with van der Waals surface area (Å²) in [5.74, 6) is 0. The lowest BCUT2D eigenvalue weighted by Crippen LogP contribution is -2.26. The standard InChI is InChI=1S/C24H22N2/c1-18-10-3-5-13-20(18)24(22-15-7-8-17-25-22)26(2)23-16-9-12-19-11-4-6-14-21(19)23/h3-17,24H,1-2H3. The van der Waals surface area contributed by atoms with E-state index in [1.807, 2.05) is 12.3 Å². The number of fused-ring (bicyclic) bond motifs is 1. The van der Waals surface area contributed by atoms with E-state index in [1.54, 1.807) is 0 Å². The molecule has 26 heavy (non-hydrogen) atoms. The Bertz CT molecular complexity index is 1020. The van der Waals surface area contributed by atoms with E-state index in [0.717, 1.165) is 5.69 Å². The molecule has 128 valence electrons. The SMILES string of the molecule is Cc1ccccc1C(c1ccccn1)N(C)c1cccc2ccccc12. The predicted molar refractivity (Wildman–Crippen MR) is 110 cm³/mol. The molecule has 0 spiro atoms. The molecule has 1 atom stereocenters. The van der Waals surface area contributed by atoms with Crippen LogP contribution in [0.5, 0.6) is 0 Å². The van der Waals surface area contributed by atoms with Crippen LogP contribution in [0.2, 0.25) is 0 Å². The van der Waals surface area contributed by atoms with Gasteiger partial charge in [0.15, 0.2) is 0 Å². The molecule has 0 aliphatic heterocycles. The van der Waals surface area contributed by atoms with Crippen molar-refractivity contribution in [3.8, 4) is 0 Å². The van der Waals surface area contributed by atoms with Gasteiger partial charge in [-0.1, -0.05) is 66.7 Å². The number of hydrogen-bond donors (Lipinski definition) is 0. The van der Waals surface area contributed by atoms with Crippen molar-refractivity contribution >= 4 is 16.5 Å². The Balaban J connectivity index is 1.90. The van der Waals surface area contributed by atoms with Gasteiger partial charge in [-0.15, -0.1) is 0 Å². The summed E-state index contributed by atoms with van der Waals surface area (Å²) in [5.41, 5.74) is 4.82. The molecule has 0 aliphatic rings. The van der Waals surface area contributed by atoms with Crippen LogP contribution in [-0.4, -0.2) is 12.0 Å². The fraction of sp³-hybridized carbons (Fsp3) is 0.125. The van der Waals surface area contributed by atoms with Gasteiger partial charge in [0.25, 0.3) is 0 Å². The van der Waals surface area contributed by atoms with Crippen LogP contribution in [-0.2, 0) is 0 Å². The van der Waals surface area contributed by atoms with Crippen molar-refractivity contribution in [2.75, 3.05) is 11.9 Å². The smallest absolute Gasteiger partial charge is 0.0965 e. The Morgan fingerprint density at radius 1 is 0.769 bits per heavy atom. The van der Waals surface area contributed by atoms with Gasteiger partial charge in [-0.3, -0.25) is 4.98 Å². The van der Waals surface area contributed by atoms with Crippen LogP contribution < -0.4 is 4.90 Å². The van der Waals surface area contributed by atoms with Crippen LogP contribution in [0.15, 0.2) is 91.1 Å². The maximum absolute atomic E-state index is 4.68. The van der Waals surface area contributed by atoms with Gasteiger partial charge in [-0.05, 0) is 41.6 Å². The lowest BCUT2D eigenvalue weighted by Gasteiger charge is -2.32. The van der Waals surface area contributed by atoms with Gasteiger partial charge in [-0.25, -0.2) is 0 Å². The van der Waals surface area contributed by atoms with Crippen molar-refractivity contribution in [2.24, 2.45) is 0 Å². The van der Waals surface area contributed by atoms with Crippen LogP contribution in [0.3, 0.4) is 0 Å². The highest BCUT2D eigenvalue weighted by Crippen LogP contribution is 2.35. The molecular weight excluding hydrogens is 316 g/mol. The minimum absolute atomic E-state index is 0.0585. The third kappa shape index (κ3) is 2.95. The van der Waals surface area contributed by atoms with Crippen LogP contribution in [0.25, 0.3) is 10.8 Å². The summed E-state index contributed by atoms with van der Waals surface area (Å²) in [6.45, 7) is 2.17. The van der Waals surface area contributed by atoms with E-state index in [1.165, 1.54) is 27.6 Å². The van der Waals surface area contributed by atoms with Crippen molar-refractivity contribution < 1.29 is 0 Å². The van der Waals surface area contributed by atoms with Crippen molar-refractivity contribution in [1.29, 1.82) is 0 Å². The molecule has 2 nitrogen and oxygen atoms in total. The van der Waals surface area contributed by atoms with Crippen molar-refractivity contribution in [1.82, 2.24) is 4.98 Å². The van der Waals surface area contributed by atoms with Gasteiger partial charge < -0.3 is 4.90 Å². The Kier molecular flexibility index (Phi) is 4.40. The molecule has 0 fully saturated rings. The first-order valence-corrected chi connectivity index (χ1v) is 8.93. The Morgan fingerprint density at radius 2 is 1.50 bits per heavy atom. The third-order valence-electron chi connectivity index (χ3n) is 4.98. The van der Waals surface area contributed by atoms with Gasteiger partial charge in [0.1, 0.15) is 0 Å². The molecule has 4 rings (SSSR count). The van der Waals surface area contributed by atoms with Crippen LogP contribution in [0.1, 0.15) is 22.9 Å². The zero-order valence-corrected chi connectivity index (χ0v) is 15.1. The highest BCUT2D eigenvalue weighted by atomic mass is 15.1. The molecule has 0 radical (unpaired) electrons. The summed E-state index contributed by atoms with van der Waals surface area (Å²) >= 11 is 0. The molecule has 0 bridgehead atoms. The Morgan fingerprint density at radius 3 is 2.31 bits per heavy atom. The fourth-order valence-corrected chi connectivity index (χ4v) is 3.65. The minimum Gasteiger partial charge on any atom is -0.361 e. The summed E-state index contributed by atoms with van der Waals surface area (Å²) in [6.07, 6.45) is 1.87. The molecule has 0 amide bonds. The van der Waals surface area contributed by atoms with Crippen LogP contribution >= 0.6 is 0 Å². The second-order valence-electron chi connectivity index (χ2n) is 6.62. The summed E-state index contributed by atoms with van der Waals surface area (Å²) in [5, 5.41) is 2.51. The molecule has 0 saturated heterocycles. The normalized spacial score (nSPS) is 12.1. The average Bonchev–Trinajstić information content (AvgIpc) is 2.70. The fourth-order valence-electron chi connectivity index (χ4n) is 3.65. The van der Waals surface area contributed by atoms with E-state index in [-0.39, 0.29) is 6.04 Å². The van der Waals surface area contributed by atoms with Gasteiger partial charge in [-0.2, -0.15) is 0 Å². The topological polar surface area (TPSA) is 16.1 Å². The molecule has 1 aromatic heterocycles. The van der Waals surface area contributed by atoms with Crippen molar-refractivity contribution in [3.63, 3.8) is 0 Å². The quantitative estimate of drug-likeness (QED) is 0.469. The number of nitrogens with zero attached hydrogens (tertiary/aromatic N) is 2. The maximum atomic E-state index is 4.68. The second kappa shape index (κ2) is 7.01. The first-order chi connectivity index (χ1) is 12.8. The van der Waals surface area contributed by atoms with Crippen molar-refractivity contribution in [2.45, 2.75) is 13.0 Å². The van der Waals surface area contributed by atoms with Crippen LogP contribution in [0.4, 0.5) is 5.69 Å². The predicted octanol–water partition coefficient (Wildman–Crippen LogP) is 5.77. The van der Waals surface area contributed by atoms with Crippen molar-refractivity contribution in [3.05, 3.63) is 108 Å². The number of benzene rings is 3. The van der Waals surface area contributed by atoms with E-state index < -0.39 is 0 Å². The summed E-state index contributed by atoms with van der Waals surface area (Å²) in [7, 11) is 2.16. The lowest BCUT2D eigenvalue weighted by molar-refractivity contribution is 0.752. The number of aryl methyl sites for hydroxylation is 1. The lowest BCUT2D eigenvalue weighted by atomic mass is 9.96. The average molecular weight is 338 g/mol. The van der Waals surface area contributed by atoms with E-state index in [9.17, 15) is 0 Å². The highest BCUT2D eigenvalue weighted by molar-refractivity contribution is 5.94. The minimum atomic E-state index is 0.0585. The molecule has 0 aliphatic carbocycles. The molecule has 4 aromatic rings. The number of rotatable bonds is 4. The van der Waals surface area contributed by atoms with Gasteiger partial charge in [0.2, 0.25) is 0 Å². The zero-order valence-electron chi connectivity index (χ0n) is 15.1. The molecular formula is C24H22N2. The molecule has 3 aromatic carbocycles. The summed E-state index contributed by atoms with van der Waals surface area (Å²) in [4.78, 5) is 7.02. The van der Waals surface area contributed by atoms with Gasteiger partial charge >= 0.3 is 0 Å². The number of aromatic nitrogens is 1. The largest absolute Gasteiger partial charge is 0.361 e.